The summed E-state index contributed by atoms with van der Waals surface area (Å²) in [6.07, 6.45) is 1.74. The number of hydrogen-bond acceptors (Lipinski definition) is 5. The number of amides is 1. The summed E-state index contributed by atoms with van der Waals surface area (Å²) in [6, 6.07) is 3.00. The van der Waals surface area contributed by atoms with Crippen molar-refractivity contribution in [2.45, 2.75) is 25.5 Å². The Morgan fingerprint density at radius 1 is 1.36 bits per heavy atom. The fraction of sp³-hybridized carbons (Fsp3) is 0.211. The van der Waals surface area contributed by atoms with Crippen LogP contribution in [0.2, 0.25) is 0 Å². The zero-order valence-electron chi connectivity index (χ0n) is 15.3. The van der Waals surface area contributed by atoms with Crippen molar-refractivity contribution < 1.29 is 13.6 Å². The summed E-state index contributed by atoms with van der Waals surface area (Å²) in [5.41, 5.74) is 2.08. The first-order valence-electron chi connectivity index (χ1n) is 8.37. The number of allylic oxidation sites excluding steroid dienone is 1. The van der Waals surface area contributed by atoms with E-state index in [0.717, 1.165) is 23.3 Å². The van der Waals surface area contributed by atoms with Crippen molar-refractivity contribution >= 4 is 34.7 Å². The highest BCUT2D eigenvalue weighted by atomic mass is 32.2. The minimum atomic E-state index is -0.821. The summed E-state index contributed by atoms with van der Waals surface area (Å²) in [5, 5.41) is 13.5. The van der Waals surface area contributed by atoms with Gasteiger partial charge in [0.2, 0.25) is 5.91 Å². The third kappa shape index (κ3) is 4.31. The maximum Gasteiger partial charge on any atom is 0.234 e. The molecular formula is C19H18F2N4OS2. The topological polar surface area (TPSA) is 59.8 Å². The first-order valence-corrected chi connectivity index (χ1v) is 10.2. The number of carbonyl (C=O) groups is 1. The fourth-order valence-electron chi connectivity index (χ4n) is 2.53. The van der Waals surface area contributed by atoms with E-state index in [1.165, 1.54) is 22.7 Å². The highest BCUT2D eigenvalue weighted by Crippen LogP contribution is 2.31. The number of aryl methyl sites for hydroxylation is 1. The first kappa shape index (κ1) is 20.2. The zero-order valence-corrected chi connectivity index (χ0v) is 17.0. The largest absolute Gasteiger partial charge is 0.323 e. The molecule has 1 N–H and O–H groups in total. The Labute approximate surface area is 169 Å². The lowest BCUT2D eigenvalue weighted by Gasteiger charge is -2.08. The molecule has 0 bridgehead atoms. The van der Waals surface area contributed by atoms with Gasteiger partial charge in [-0.2, -0.15) is 0 Å². The van der Waals surface area contributed by atoms with E-state index in [-0.39, 0.29) is 11.4 Å². The third-order valence-electron chi connectivity index (χ3n) is 4.09. The van der Waals surface area contributed by atoms with Crippen molar-refractivity contribution in [1.29, 1.82) is 0 Å². The SMILES string of the molecule is C=CCn1c(SCC(=O)Nc2ccc(F)cc2F)nnc1-c1csc(C)c1C. The number of hydrogen-bond donors (Lipinski definition) is 1. The third-order valence-corrected chi connectivity index (χ3v) is 6.07. The average molecular weight is 421 g/mol. The van der Waals surface area contributed by atoms with E-state index >= 15 is 0 Å². The normalized spacial score (nSPS) is 10.9. The van der Waals surface area contributed by atoms with Crippen LogP contribution in [0.1, 0.15) is 10.4 Å². The van der Waals surface area contributed by atoms with Gasteiger partial charge in [-0.1, -0.05) is 17.8 Å². The van der Waals surface area contributed by atoms with Crippen LogP contribution in [-0.2, 0) is 11.3 Å². The van der Waals surface area contributed by atoms with Gasteiger partial charge in [0, 0.05) is 28.4 Å². The molecular weight excluding hydrogens is 402 g/mol. The molecule has 0 unspecified atom stereocenters. The number of aromatic nitrogens is 3. The van der Waals surface area contributed by atoms with E-state index in [1.54, 1.807) is 17.4 Å². The first-order chi connectivity index (χ1) is 13.4. The van der Waals surface area contributed by atoms with Crippen molar-refractivity contribution in [2.75, 3.05) is 11.1 Å². The summed E-state index contributed by atoms with van der Waals surface area (Å²) in [7, 11) is 0. The highest BCUT2D eigenvalue weighted by Gasteiger charge is 2.18. The summed E-state index contributed by atoms with van der Waals surface area (Å²) in [5.74, 6) is -1.22. The Hall–Kier alpha value is -2.52. The van der Waals surface area contributed by atoms with E-state index in [9.17, 15) is 13.6 Å². The Morgan fingerprint density at radius 2 is 2.14 bits per heavy atom. The van der Waals surface area contributed by atoms with Crippen LogP contribution in [0.5, 0.6) is 0 Å². The molecule has 1 aromatic carbocycles. The molecule has 0 aliphatic rings. The van der Waals surface area contributed by atoms with E-state index in [0.29, 0.717) is 17.5 Å². The van der Waals surface area contributed by atoms with Gasteiger partial charge in [0.25, 0.3) is 0 Å². The molecule has 0 radical (unpaired) electrons. The predicted octanol–water partition coefficient (Wildman–Crippen LogP) is 4.82. The molecule has 0 saturated heterocycles. The number of anilines is 1. The predicted molar refractivity (Wildman–Crippen MR) is 109 cm³/mol. The van der Waals surface area contributed by atoms with E-state index in [1.807, 2.05) is 23.8 Å². The molecule has 146 valence electrons. The van der Waals surface area contributed by atoms with Gasteiger partial charge in [0.15, 0.2) is 11.0 Å². The van der Waals surface area contributed by atoms with Crippen LogP contribution in [0.4, 0.5) is 14.5 Å². The summed E-state index contributed by atoms with van der Waals surface area (Å²) in [6.45, 7) is 8.35. The van der Waals surface area contributed by atoms with E-state index < -0.39 is 17.5 Å². The van der Waals surface area contributed by atoms with Gasteiger partial charge in [-0.3, -0.25) is 9.36 Å². The molecule has 9 heteroatoms. The van der Waals surface area contributed by atoms with Gasteiger partial charge in [0.1, 0.15) is 11.6 Å². The molecule has 0 aliphatic carbocycles. The standard InChI is InChI=1S/C19H18F2N4OS2/c1-4-7-25-18(14-9-27-12(3)11(14)2)23-24-19(25)28-10-17(26)22-16-6-5-13(20)8-15(16)21/h4-6,8-9H,1,7,10H2,2-3H3,(H,22,26). The number of thiophene rings is 1. The van der Waals surface area contributed by atoms with Gasteiger partial charge in [-0.15, -0.1) is 28.1 Å². The number of carbonyl (C=O) groups excluding carboxylic acids is 1. The van der Waals surface area contributed by atoms with Crippen LogP contribution in [0.25, 0.3) is 11.4 Å². The van der Waals surface area contributed by atoms with Crippen molar-refractivity contribution in [3.05, 3.63) is 58.3 Å². The minimum absolute atomic E-state index is 0.00768. The maximum atomic E-state index is 13.7. The summed E-state index contributed by atoms with van der Waals surface area (Å²) < 4.78 is 28.5. The molecule has 3 aromatic rings. The Balaban J connectivity index is 1.74. The number of nitrogens with zero attached hydrogens (tertiary/aromatic N) is 3. The number of halogens is 2. The molecule has 5 nitrogen and oxygen atoms in total. The minimum Gasteiger partial charge on any atom is -0.323 e. The van der Waals surface area contributed by atoms with Crippen LogP contribution < -0.4 is 5.32 Å². The Kier molecular flexibility index (Phi) is 6.25. The Morgan fingerprint density at radius 3 is 2.79 bits per heavy atom. The van der Waals surface area contributed by atoms with Gasteiger partial charge in [0.05, 0.1) is 11.4 Å². The molecule has 0 aliphatic heterocycles. The van der Waals surface area contributed by atoms with Crippen LogP contribution in [0, 0.1) is 25.5 Å². The molecule has 2 heterocycles. The van der Waals surface area contributed by atoms with Crippen LogP contribution in [0.15, 0.2) is 41.4 Å². The average Bonchev–Trinajstić information content (AvgIpc) is 3.19. The quantitative estimate of drug-likeness (QED) is 0.440. The van der Waals surface area contributed by atoms with Gasteiger partial charge >= 0.3 is 0 Å². The van der Waals surface area contributed by atoms with Gasteiger partial charge in [-0.25, -0.2) is 8.78 Å². The van der Waals surface area contributed by atoms with Gasteiger partial charge < -0.3 is 5.32 Å². The zero-order chi connectivity index (χ0) is 20.3. The van der Waals surface area contributed by atoms with Crippen LogP contribution in [-0.4, -0.2) is 26.4 Å². The second-order valence-electron chi connectivity index (χ2n) is 6.00. The van der Waals surface area contributed by atoms with Gasteiger partial charge in [-0.05, 0) is 31.5 Å². The van der Waals surface area contributed by atoms with Crippen molar-refractivity contribution in [1.82, 2.24) is 14.8 Å². The lowest BCUT2D eigenvalue weighted by atomic mass is 10.1. The highest BCUT2D eigenvalue weighted by molar-refractivity contribution is 7.99. The number of nitrogens with one attached hydrogen (secondary N) is 1. The molecule has 1 amide bonds. The second-order valence-corrected chi connectivity index (χ2v) is 8.02. The second kappa shape index (κ2) is 8.66. The van der Waals surface area contributed by atoms with Crippen molar-refractivity contribution in [3.8, 4) is 11.4 Å². The fourth-order valence-corrected chi connectivity index (χ4v) is 4.14. The smallest absolute Gasteiger partial charge is 0.234 e. The molecule has 0 saturated carbocycles. The van der Waals surface area contributed by atoms with Crippen molar-refractivity contribution in [3.63, 3.8) is 0 Å². The summed E-state index contributed by atoms with van der Waals surface area (Å²) >= 11 is 2.83. The van der Waals surface area contributed by atoms with Crippen LogP contribution >= 0.6 is 23.1 Å². The van der Waals surface area contributed by atoms with E-state index in [4.69, 9.17) is 0 Å². The molecule has 0 fully saturated rings. The number of rotatable bonds is 7. The maximum absolute atomic E-state index is 13.7. The lowest BCUT2D eigenvalue weighted by Crippen LogP contribution is -2.15. The molecule has 2 aromatic heterocycles. The number of benzene rings is 1. The molecule has 28 heavy (non-hydrogen) atoms. The molecule has 3 rings (SSSR count). The molecule has 0 atom stereocenters. The monoisotopic (exact) mass is 420 g/mol. The van der Waals surface area contributed by atoms with Crippen molar-refractivity contribution in [2.24, 2.45) is 0 Å². The van der Waals surface area contributed by atoms with E-state index in [2.05, 4.69) is 22.1 Å². The lowest BCUT2D eigenvalue weighted by molar-refractivity contribution is -0.113. The molecule has 0 spiro atoms. The summed E-state index contributed by atoms with van der Waals surface area (Å²) in [4.78, 5) is 13.4. The van der Waals surface area contributed by atoms with Crippen LogP contribution in [0.3, 0.4) is 0 Å². The number of thioether (sulfide) groups is 1. The Bertz CT molecular complexity index is 1030.